The standard InChI is InChI=1S/C31H31NO4S2/c33-38(34,35)32-22-30(21-29(32)24-36-23-25-13-5-1-6-14-25)37-31(26-15-7-2-8-16-26,27-17-9-3-10-18-27)28-19-11-4-12-20-28/h1-20,29-30H,21-24H2,(H,33,34,35)/t29-,30+/m0/s1. The highest BCUT2D eigenvalue weighted by Gasteiger charge is 2.45. The van der Waals surface area contributed by atoms with Crippen LogP contribution in [0.3, 0.4) is 0 Å². The van der Waals surface area contributed by atoms with Crippen molar-refractivity contribution in [3.8, 4) is 0 Å². The molecule has 0 saturated carbocycles. The second-order valence-corrected chi connectivity index (χ2v) is 12.3. The van der Waals surface area contributed by atoms with E-state index >= 15 is 0 Å². The Labute approximate surface area is 229 Å². The van der Waals surface area contributed by atoms with E-state index in [9.17, 15) is 13.0 Å². The smallest absolute Gasteiger partial charge is 0.336 e. The summed E-state index contributed by atoms with van der Waals surface area (Å²) in [6, 6.07) is 40.3. The summed E-state index contributed by atoms with van der Waals surface area (Å²) in [6.45, 7) is 0.800. The Kier molecular flexibility index (Phi) is 8.31. The van der Waals surface area contributed by atoms with E-state index in [0.29, 0.717) is 13.0 Å². The maximum Gasteiger partial charge on any atom is 0.336 e. The van der Waals surface area contributed by atoms with Crippen LogP contribution in [0.15, 0.2) is 121 Å². The number of nitrogens with zero attached hydrogens (tertiary/aromatic N) is 1. The van der Waals surface area contributed by atoms with Crippen LogP contribution in [0.5, 0.6) is 0 Å². The van der Waals surface area contributed by atoms with E-state index in [4.69, 9.17) is 4.74 Å². The van der Waals surface area contributed by atoms with Gasteiger partial charge in [-0.15, -0.1) is 11.8 Å². The fourth-order valence-corrected chi connectivity index (χ4v) is 8.08. The van der Waals surface area contributed by atoms with E-state index in [1.807, 2.05) is 84.9 Å². The van der Waals surface area contributed by atoms with Gasteiger partial charge in [-0.25, -0.2) is 0 Å². The van der Waals surface area contributed by atoms with Crippen molar-refractivity contribution in [2.45, 2.75) is 29.1 Å². The lowest BCUT2D eigenvalue weighted by atomic mass is 9.84. The largest absolute Gasteiger partial charge is 0.375 e. The molecule has 1 N–H and O–H groups in total. The molecule has 196 valence electrons. The van der Waals surface area contributed by atoms with E-state index in [1.54, 1.807) is 11.8 Å². The van der Waals surface area contributed by atoms with Crippen LogP contribution in [0.1, 0.15) is 28.7 Å². The Bertz CT molecular complexity index is 1310. The topological polar surface area (TPSA) is 66.8 Å². The van der Waals surface area contributed by atoms with Crippen LogP contribution in [0.4, 0.5) is 0 Å². The number of hydrogen-bond donors (Lipinski definition) is 1. The van der Waals surface area contributed by atoms with Crippen molar-refractivity contribution in [1.29, 1.82) is 0 Å². The molecule has 1 aliphatic heterocycles. The van der Waals surface area contributed by atoms with Crippen molar-refractivity contribution in [2.75, 3.05) is 13.2 Å². The van der Waals surface area contributed by atoms with Gasteiger partial charge in [0, 0.05) is 11.8 Å². The average Bonchev–Trinajstić information content (AvgIpc) is 3.37. The first kappa shape index (κ1) is 26.7. The summed E-state index contributed by atoms with van der Waals surface area (Å²) in [5.41, 5.74) is 4.37. The first-order valence-corrected chi connectivity index (χ1v) is 14.9. The van der Waals surface area contributed by atoms with Crippen molar-refractivity contribution < 1.29 is 17.7 Å². The minimum atomic E-state index is -4.39. The normalized spacial score (nSPS) is 18.4. The molecule has 2 atom stereocenters. The summed E-state index contributed by atoms with van der Waals surface area (Å²) >= 11 is 1.74. The van der Waals surface area contributed by atoms with E-state index in [1.165, 1.54) is 4.31 Å². The van der Waals surface area contributed by atoms with Gasteiger partial charge in [0.25, 0.3) is 0 Å². The number of ether oxygens (including phenoxy) is 1. The van der Waals surface area contributed by atoms with E-state index in [-0.39, 0.29) is 18.4 Å². The number of hydrogen-bond acceptors (Lipinski definition) is 4. The van der Waals surface area contributed by atoms with Gasteiger partial charge in [0.1, 0.15) is 0 Å². The summed E-state index contributed by atoms with van der Waals surface area (Å²) in [5, 5.41) is -0.0807. The molecule has 7 heteroatoms. The molecule has 4 aromatic rings. The second kappa shape index (κ2) is 11.8. The van der Waals surface area contributed by atoms with Crippen LogP contribution < -0.4 is 0 Å². The lowest BCUT2D eigenvalue weighted by Crippen LogP contribution is -2.38. The molecule has 38 heavy (non-hydrogen) atoms. The highest BCUT2D eigenvalue weighted by Crippen LogP contribution is 2.52. The zero-order valence-corrected chi connectivity index (χ0v) is 22.6. The molecule has 0 aromatic heterocycles. The molecule has 1 saturated heterocycles. The minimum Gasteiger partial charge on any atom is -0.375 e. The average molecular weight is 546 g/mol. The third kappa shape index (κ3) is 5.87. The van der Waals surface area contributed by atoms with Gasteiger partial charge in [-0.3, -0.25) is 4.55 Å². The SMILES string of the molecule is O=S(=O)(O)N1C[C@H](SC(c2ccccc2)(c2ccccc2)c2ccccc2)C[C@H]1COCc1ccccc1. The van der Waals surface area contributed by atoms with E-state index < -0.39 is 21.1 Å². The highest BCUT2D eigenvalue weighted by atomic mass is 32.2. The molecular formula is C31H31NO4S2. The summed E-state index contributed by atoms with van der Waals surface area (Å²) in [5.74, 6) is 0. The maximum atomic E-state index is 12.4. The maximum absolute atomic E-state index is 12.4. The Balaban J connectivity index is 1.48. The van der Waals surface area contributed by atoms with Gasteiger partial charge >= 0.3 is 10.3 Å². The van der Waals surface area contributed by atoms with Gasteiger partial charge in [0.2, 0.25) is 0 Å². The Morgan fingerprint density at radius 3 is 1.66 bits per heavy atom. The van der Waals surface area contributed by atoms with Crippen LogP contribution in [0, 0.1) is 0 Å². The van der Waals surface area contributed by atoms with Gasteiger partial charge in [-0.1, -0.05) is 121 Å². The molecule has 5 nitrogen and oxygen atoms in total. The molecule has 0 aliphatic carbocycles. The van der Waals surface area contributed by atoms with Gasteiger partial charge in [-0.2, -0.15) is 12.7 Å². The number of rotatable bonds is 10. The quantitative estimate of drug-likeness (QED) is 0.191. The van der Waals surface area contributed by atoms with Crippen molar-refractivity contribution in [3.63, 3.8) is 0 Å². The summed E-state index contributed by atoms with van der Waals surface area (Å²) in [7, 11) is -4.39. The highest BCUT2D eigenvalue weighted by molar-refractivity contribution is 8.01. The summed E-state index contributed by atoms with van der Waals surface area (Å²) in [4.78, 5) is 0. The van der Waals surface area contributed by atoms with Gasteiger partial charge in [0.05, 0.1) is 24.0 Å². The van der Waals surface area contributed by atoms with Crippen molar-refractivity contribution in [3.05, 3.63) is 144 Å². The predicted octanol–water partition coefficient (Wildman–Crippen LogP) is 6.17. The monoisotopic (exact) mass is 545 g/mol. The zero-order chi connectivity index (χ0) is 26.4. The lowest BCUT2D eigenvalue weighted by molar-refractivity contribution is 0.0853. The number of benzene rings is 4. The molecule has 4 aromatic carbocycles. The first-order chi connectivity index (χ1) is 18.5. The lowest BCUT2D eigenvalue weighted by Gasteiger charge is -2.37. The third-order valence-electron chi connectivity index (χ3n) is 6.93. The van der Waals surface area contributed by atoms with Gasteiger partial charge < -0.3 is 4.74 Å². The van der Waals surface area contributed by atoms with Crippen LogP contribution in [-0.4, -0.2) is 41.7 Å². The molecule has 0 amide bonds. The van der Waals surface area contributed by atoms with Gasteiger partial charge in [0.15, 0.2) is 0 Å². The van der Waals surface area contributed by atoms with Crippen molar-refractivity contribution >= 4 is 22.1 Å². The van der Waals surface area contributed by atoms with Crippen molar-refractivity contribution in [1.82, 2.24) is 4.31 Å². The second-order valence-electron chi connectivity index (χ2n) is 9.46. The van der Waals surface area contributed by atoms with Gasteiger partial charge in [-0.05, 0) is 28.7 Å². The first-order valence-electron chi connectivity index (χ1n) is 12.7. The molecule has 1 aliphatic rings. The fourth-order valence-electron chi connectivity index (χ4n) is 5.22. The predicted molar refractivity (Wildman–Crippen MR) is 153 cm³/mol. The molecule has 0 radical (unpaired) electrons. The minimum absolute atomic E-state index is 0.0807. The zero-order valence-electron chi connectivity index (χ0n) is 21.0. The van der Waals surface area contributed by atoms with Crippen LogP contribution in [0.2, 0.25) is 0 Å². The van der Waals surface area contributed by atoms with E-state index in [0.717, 1.165) is 22.3 Å². The number of thioether (sulfide) groups is 1. The molecule has 0 spiro atoms. The van der Waals surface area contributed by atoms with Crippen LogP contribution in [0.25, 0.3) is 0 Å². The molecule has 0 bridgehead atoms. The summed E-state index contributed by atoms with van der Waals surface area (Å²) < 4.78 is 41.5. The van der Waals surface area contributed by atoms with Crippen molar-refractivity contribution in [2.24, 2.45) is 0 Å². The molecule has 0 unspecified atom stereocenters. The Hall–Kier alpha value is -2.94. The fraction of sp³-hybridized carbons (Fsp3) is 0.226. The summed E-state index contributed by atoms with van der Waals surface area (Å²) in [6.07, 6.45) is 0.563. The Morgan fingerprint density at radius 1 is 0.763 bits per heavy atom. The van der Waals surface area contributed by atoms with E-state index in [2.05, 4.69) is 36.4 Å². The molecule has 1 heterocycles. The van der Waals surface area contributed by atoms with Crippen LogP contribution in [-0.2, 0) is 26.4 Å². The Morgan fingerprint density at radius 2 is 1.21 bits per heavy atom. The van der Waals surface area contributed by atoms with Crippen LogP contribution >= 0.6 is 11.8 Å². The molecular weight excluding hydrogens is 514 g/mol. The molecule has 5 rings (SSSR count). The third-order valence-corrected chi connectivity index (χ3v) is 9.70. The molecule has 1 fully saturated rings.